The zero-order chi connectivity index (χ0) is 12.2. The van der Waals surface area contributed by atoms with Gasteiger partial charge in [-0.05, 0) is 30.2 Å². The number of rotatable bonds is 5. The van der Waals surface area contributed by atoms with Crippen LogP contribution in [0.2, 0.25) is 0 Å². The van der Waals surface area contributed by atoms with Crippen LogP contribution in [-0.2, 0) is 10.0 Å². The van der Waals surface area contributed by atoms with Crippen LogP contribution in [0.5, 0.6) is 0 Å². The van der Waals surface area contributed by atoms with Crippen molar-refractivity contribution in [2.24, 2.45) is 5.92 Å². The molecule has 4 nitrogen and oxygen atoms in total. The molecule has 0 aromatic heterocycles. The highest BCUT2D eigenvalue weighted by Gasteiger charge is 2.14. The van der Waals surface area contributed by atoms with E-state index >= 15 is 0 Å². The minimum atomic E-state index is -3.38. The van der Waals surface area contributed by atoms with E-state index in [1.165, 1.54) is 0 Å². The third-order valence-corrected chi connectivity index (χ3v) is 4.02. The molecule has 1 unspecified atom stereocenters. The van der Waals surface area contributed by atoms with Crippen molar-refractivity contribution in [2.45, 2.75) is 6.92 Å². The summed E-state index contributed by atoms with van der Waals surface area (Å²) in [7, 11) is -3.38. The number of hydrogen-bond donors (Lipinski definition) is 2. The Balaban J connectivity index is 2.69. The van der Waals surface area contributed by atoms with Gasteiger partial charge in [0.1, 0.15) is 0 Å². The first-order valence-electron chi connectivity index (χ1n) is 4.80. The Labute approximate surface area is 104 Å². The molecule has 0 radical (unpaired) electrons. The largest absolute Gasteiger partial charge is 0.396 e. The Hall–Kier alpha value is -0.590. The molecule has 0 aliphatic heterocycles. The van der Waals surface area contributed by atoms with Gasteiger partial charge in [0.15, 0.2) is 0 Å². The molecule has 2 N–H and O–H groups in total. The maximum absolute atomic E-state index is 11.6. The zero-order valence-electron chi connectivity index (χ0n) is 8.85. The Morgan fingerprint density at radius 2 is 1.94 bits per heavy atom. The molecule has 1 aromatic rings. The van der Waals surface area contributed by atoms with Gasteiger partial charge in [-0.2, -0.15) is 0 Å². The fourth-order valence-corrected chi connectivity index (χ4v) is 2.86. The van der Waals surface area contributed by atoms with Crippen LogP contribution in [0.15, 0.2) is 28.7 Å². The van der Waals surface area contributed by atoms with Gasteiger partial charge in [0, 0.05) is 16.8 Å². The average molecular weight is 308 g/mol. The molecule has 0 saturated heterocycles. The Morgan fingerprint density at radius 3 is 2.44 bits per heavy atom. The van der Waals surface area contributed by atoms with E-state index < -0.39 is 10.0 Å². The van der Waals surface area contributed by atoms with Crippen LogP contribution in [0.1, 0.15) is 6.92 Å². The van der Waals surface area contributed by atoms with Crippen LogP contribution >= 0.6 is 15.9 Å². The summed E-state index contributed by atoms with van der Waals surface area (Å²) in [5.74, 6) is -0.354. The van der Waals surface area contributed by atoms with Crippen molar-refractivity contribution in [1.82, 2.24) is 0 Å². The predicted octanol–water partition coefficient (Wildman–Crippen LogP) is 1.82. The normalized spacial score (nSPS) is 13.4. The van der Waals surface area contributed by atoms with Gasteiger partial charge in [-0.1, -0.05) is 22.9 Å². The minimum absolute atomic E-state index is 0.0838. The third kappa shape index (κ3) is 4.51. The van der Waals surface area contributed by atoms with Crippen molar-refractivity contribution < 1.29 is 13.5 Å². The Bertz CT molecular complexity index is 430. The number of nitrogens with one attached hydrogen (secondary N) is 1. The molecule has 0 spiro atoms. The smallest absolute Gasteiger partial charge is 0.233 e. The molecule has 0 heterocycles. The first kappa shape index (κ1) is 13.5. The lowest BCUT2D eigenvalue weighted by molar-refractivity contribution is 0.249. The van der Waals surface area contributed by atoms with Gasteiger partial charge in [-0.15, -0.1) is 0 Å². The van der Waals surface area contributed by atoms with E-state index in [-0.39, 0.29) is 18.3 Å². The molecule has 1 aromatic carbocycles. The van der Waals surface area contributed by atoms with Crippen molar-refractivity contribution in [2.75, 3.05) is 17.1 Å². The van der Waals surface area contributed by atoms with Crippen LogP contribution in [0, 0.1) is 5.92 Å². The summed E-state index contributed by atoms with van der Waals surface area (Å²) in [5.41, 5.74) is 0.522. The number of aliphatic hydroxyl groups excluding tert-OH is 1. The topological polar surface area (TPSA) is 66.4 Å². The van der Waals surface area contributed by atoms with Gasteiger partial charge in [-0.3, -0.25) is 4.72 Å². The summed E-state index contributed by atoms with van der Waals surface area (Å²) in [6.45, 7) is 1.54. The van der Waals surface area contributed by atoms with E-state index in [0.29, 0.717) is 5.69 Å². The molecule has 16 heavy (non-hydrogen) atoms. The fraction of sp³-hybridized carbons (Fsp3) is 0.400. The molecule has 6 heteroatoms. The quantitative estimate of drug-likeness (QED) is 0.872. The first-order valence-corrected chi connectivity index (χ1v) is 7.24. The maximum Gasteiger partial charge on any atom is 0.233 e. The highest BCUT2D eigenvalue weighted by Crippen LogP contribution is 2.15. The van der Waals surface area contributed by atoms with E-state index in [0.717, 1.165) is 4.47 Å². The molecule has 0 aliphatic rings. The van der Waals surface area contributed by atoms with E-state index in [2.05, 4.69) is 20.7 Å². The Kier molecular flexibility index (Phi) is 4.76. The van der Waals surface area contributed by atoms with E-state index in [9.17, 15) is 8.42 Å². The molecule has 1 rings (SSSR count). The van der Waals surface area contributed by atoms with E-state index in [1.807, 2.05) is 0 Å². The molecule has 1 atom stereocenters. The van der Waals surface area contributed by atoms with Crippen molar-refractivity contribution in [1.29, 1.82) is 0 Å². The van der Waals surface area contributed by atoms with Gasteiger partial charge in [0.2, 0.25) is 10.0 Å². The van der Waals surface area contributed by atoms with Crippen LogP contribution in [0.4, 0.5) is 5.69 Å². The van der Waals surface area contributed by atoms with Crippen LogP contribution in [-0.4, -0.2) is 25.9 Å². The Morgan fingerprint density at radius 1 is 1.38 bits per heavy atom. The summed E-state index contributed by atoms with van der Waals surface area (Å²) in [5, 5.41) is 8.80. The van der Waals surface area contributed by atoms with Crippen LogP contribution in [0.25, 0.3) is 0 Å². The number of hydrogen-bond acceptors (Lipinski definition) is 3. The number of halogens is 1. The maximum atomic E-state index is 11.6. The molecule has 0 saturated carbocycles. The average Bonchev–Trinajstić information content (AvgIpc) is 2.20. The molecule has 0 bridgehead atoms. The second-order valence-corrected chi connectivity index (χ2v) is 6.36. The minimum Gasteiger partial charge on any atom is -0.396 e. The predicted molar refractivity (Wildman–Crippen MR) is 67.8 cm³/mol. The fourth-order valence-electron chi connectivity index (χ4n) is 1.17. The zero-order valence-corrected chi connectivity index (χ0v) is 11.3. The SMILES string of the molecule is CC(CO)CS(=O)(=O)Nc1ccc(Br)cc1. The second kappa shape index (κ2) is 5.65. The summed E-state index contributed by atoms with van der Waals surface area (Å²) < 4.78 is 26.6. The highest BCUT2D eigenvalue weighted by molar-refractivity contribution is 9.10. The second-order valence-electron chi connectivity index (χ2n) is 3.68. The van der Waals surface area contributed by atoms with Gasteiger partial charge in [0.25, 0.3) is 0 Å². The summed E-state index contributed by atoms with van der Waals surface area (Å²) in [6, 6.07) is 6.86. The van der Waals surface area contributed by atoms with Crippen molar-refractivity contribution in [3.05, 3.63) is 28.7 Å². The van der Waals surface area contributed by atoms with Gasteiger partial charge < -0.3 is 5.11 Å². The third-order valence-electron chi connectivity index (χ3n) is 1.93. The molecule has 0 amide bonds. The summed E-state index contributed by atoms with van der Waals surface area (Å²) in [6.07, 6.45) is 0. The van der Waals surface area contributed by atoms with E-state index in [4.69, 9.17) is 5.11 Å². The van der Waals surface area contributed by atoms with E-state index in [1.54, 1.807) is 31.2 Å². The number of anilines is 1. The monoisotopic (exact) mass is 307 g/mol. The molecule has 0 fully saturated rings. The number of aliphatic hydroxyl groups is 1. The molecule has 0 aliphatic carbocycles. The first-order chi connectivity index (χ1) is 7.43. The van der Waals surface area contributed by atoms with Gasteiger partial charge in [0.05, 0.1) is 5.75 Å². The lowest BCUT2D eigenvalue weighted by Gasteiger charge is -2.11. The lowest BCUT2D eigenvalue weighted by Crippen LogP contribution is -2.23. The molecular weight excluding hydrogens is 294 g/mol. The van der Waals surface area contributed by atoms with Crippen LogP contribution in [0.3, 0.4) is 0 Å². The highest BCUT2D eigenvalue weighted by atomic mass is 79.9. The van der Waals surface area contributed by atoms with Gasteiger partial charge in [-0.25, -0.2) is 8.42 Å². The number of sulfonamides is 1. The van der Waals surface area contributed by atoms with Gasteiger partial charge >= 0.3 is 0 Å². The molecular formula is C10H14BrNO3S. The lowest BCUT2D eigenvalue weighted by atomic mass is 10.2. The van der Waals surface area contributed by atoms with Crippen molar-refractivity contribution >= 4 is 31.6 Å². The van der Waals surface area contributed by atoms with Crippen molar-refractivity contribution in [3.8, 4) is 0 Å². The number of benzene rings is 1. The standard InChI is InChI=1S/C10H14BrNO3S/c1-8(6-13)7-16(14,15)12-10-4-2-9(11)3-5-10/h2-5,8,12-13H,6-7H2,1H3. The summed E-state index contributed by atoms with van der Waals surface area (Å²) >= 11 is 3.27. The van der Waals surface area contributed by atoms with Crippen molar-refractivity contribution in [3.63, 3.8) is 0 Å². The van der Waals surface area contributed by atoms with Crippen LogP contribution < -0.4 is 4.72 Å². The summed E-state index contributed by atoms with van der Waals surface area (Å²) in [4.78, 5) is 0. The molecule has 90 valence electrons.